The summed E-state index contributed by atoms with van der Waals surface area (Å²) in [5, 5.41) is 0. The first kappa shape index (κ1) is 14.2. The Labute approximate surface area is 125 Å². The maximum absolute atomic E-state index is 2.42. The first-order valence-corrected chi connectivity index (χ1v) is 8.65. The van der Waals surface area contributed by atoms with Crippen LogP contribution in [0.4, 0.5) is 0 Å². The maximum Gasteiger partial charge on any atom is -0.0136 e. The number of rotatable bonds is 6. The highest BCUT2D eigenvalue weighted by molar-refractivity contribution is 5.22. The molecular formula is C20H29. The molecule has 109 valence electrons. The molecule has 0 aromatic heterocycles. The highest BCUT2D eigenvalue weighted by atomic mass is 14.5. The van der Waals surface area contributed by atoms with E-state index in [1.54, 1.807) is 0 Å². The molecule has 0 saturated heterocycles. The molecule has 0 aliphatic heterocycles. The molecule has 2 aliphatic rings. The van der Waals surface area contributed by atoms with Crippen LogP contribution in [-0.4, -0.2) is 0 Å². The van der Waals surface area contributed by atoms with Gasteiger partial charge in [-0.25, -0.2) is 0 Å². The van der Waals surface area contributed by atoms with Gasteiger partial charge in [0, 0.05) is 0 Å². The number of hydrogen-bond donors (Lipinski definition) is 0. The van der Waals surface area contributed by atoms with Gasteiger partial charge in [-0.2, -0.15) is 0 Å². The van der Waals surface area contributed by atoms with Crippen molar-refractivity contribution >= 4 is 0 Å². The van der Waals surface area contributed by atoms with E-state index >= 15 is 0 Å². The predicted molar refractivity (Wildman–Crippen MR) is 86.4 cm³/mol. The van der Waals surface area contributed by atoms with E-state index in [2.05, 4.69) is 44.2 Å². The van der Waals surface area contributed by atoms with Gasteiger partial charge in [-0.15, -0.1) is 0 Å². The monoisotopic (exact) mass is 269 g/mol. The normalized spacial score (nSPS) is 21.8. The fraction of sp³-hybridized carbons (Fsp3) is 0.650. The molecule has 2 saturated carbocycles. The third-order valence-corrected chi connectivity index (χ3v) is 5.46. The summed E-state index contributed by atoms with van der Waals surface area (Å²) < 4.78 is 0. The summed E-state index contributed by atoms with van der Waals surface area (Å²) in [6, 6.07) is 11.1. The van der Waals surface area contributed by atoms with Gasteiger partial charge in [0.05, 0.1) is 0 Å². The predicted octanol–water partition coefficient (Wildman–Crippen LogP) is 5.68. The van der Waals surface area contributed by atoms with Crippen LogP contribution in [0.5, 0.6) is 0 Å². The summed E-state index contributed by atoms with van der Waals surface area (Å²) in [6.07, 6.45) is 10.1. The second-order valence-electron chi connectivity index (χ2n) is 7.30. The van der Waals surface area contributed by atoms with Gasteiger partial charge in [-0.1, -0.05) is 69.9 Å². The largest absolute Gasteiger partial charge is 0.0622 e. The Kier molecular flexibility index (Phi) is 4.48. The smallest absolute Gasteiger partial charge is 0.0136 e. The van der Waals surface area contributed by atoms with Crippen molar-refractivity contribution in [3.05, 3.63) is 41.8 Å². The van der Waals surface area contributed by atoms with Crippen molar-refractivity contribution in [1.29, 1.82) is 0 Å². The van der Waals surface area contributed by atoms with Gasteiger partial charge >= 0.3 is 0 Å². The molecule has 1 aromatic carbocycles. The van der Waals surface area contributed by atoms with E-state index in [0.29, 0.717) is 0 Å². The molecule has 2 aliphatic carbocycles. The van der Waals surface area contributed by atoms with Crippen molar-refractivity contribution in [2.45, 2.75) is 58.8 Å². The molecule has 1 radical (unpaired) electrons. The lowest BCUT2D eigenvalue weighted by molar-refractivity contribution is 0.276. The minimum absolute atomic E-state index is 0.737. The average Bonchev–Trinajstić information content (AvgIpc) is 3.14. The van der Waals surface area contributed by atoms with E-state index in [9.17, 15) is 0 Å². The fourth-order valence-corrected chi connectivity index (χ4v) is 4.30. The van der Waals surface area contributed by atoms with Gasteiger partial charge in [0.15, 0.2) is 0 Å². The first-order chi connectivity index (χ1) is 9.75. The fourth-order valence-electron chi connectivity index (χ4n) is 4.30. The number of hydrogen-bond acceptors (Lipinski definition) is 0. The van der Waals surface area contributed by atoms with Gasteiger partial charge in [0.2, 0.25) is 0 Å². The molecule has 0 heterocycles. The van der Waals surface area contributed by atoms with Crippen LogP contribution in [0, 0.1) is 29.6 Å². The maximum atomic E-state index is 2.42. The van der Waals surface area contributed by atoms with Crippen LogP contribution < -0.4 is 0 Å². The number of benzene rings is 1. The van der Waals surface area contributed by atoms with Crippen LogP contribution in [0.3, 0.4) is 0 Å². The van der Waals surface area contributed by atoms with Crippen molar-refractivity contribution in [2.75, 3.05) is 0 Å². The van der Waals surface area contributed by atoms with Gasteiger partial charge in [-0.05, 0) is 54.4 Å². The van der Waals surface area contributed by atoms with E-state index < -0.39 is 0 Å². The minimum atomic E-state index is 0.737. The van der Waals surface area contributed by atoms with Crippen molar-refractivity contribution in [1.82, 2.24) is 0 Å². The van der Waals surface area contributed by atoms with E-state index in [0.717, 1.165) is 23.7 Å². The second kappa shape index (κ2) is 6.33. The summed E-state index contributed by atoms with van der Waals surface area (Å²) in [7, 11) is 0. The lowest BCUT2D eigenvalue weighted by Gasteiger charge is -2.34. The molecule has 1 aromatic rings. The lowest BCUT2D eigenvalue weighted by Crippen LogP contribution is -2.28. The van der Waals surface area contributed by atoms with E-state index in [-0.39, 0.29) is 0 Å². The van der Waals surface area contributed by atoms with Crippen LogP contribution in [-0.2, 0) is 6.42 Å². The van der Waals surface area contributed by atoms with E-state index in [1.807, 2.05) is 5.92 Å². The summed E-state index contributed by atoms with van der Waals surface area (Å²) in [4.78, 5) is 0. The Balaban J connectivity index is 1.76. The van der Waals surface area contributed by atoms with Crippen molar-refractivity contribution in [2.24, 2.45) is 23.7 Å². The van der Waals surface area contributed by atoms with Gasteiger partial charge in [-0.3, -0.25) is 0 Å². The SMILES string of the molecule is CC(C)[C](Cc1ccccc1)C(C1CCCC1)C1CC1. The average molecular weight is 269 g/mol. The third-order valence-electron chi connectivity index (χ3n) is 5.46. The molecule has 20 heavy (non-hydrogen) atoms. The first-order valence-electron chi connectivity index (χ1n) is 8.65. The Morgan fingerprint density at radius 1 is 0.950 bits per heavy atom. The molecule has 0 N–H and O–H groups in total. The molecule has 1 unspecified atom stereocenters. The summed E-state index contributed by atoms with van der Waals surface area (Å²) in [5.41, 5.74) is 1.51. The summed E-state index contributed by atoms with van der Waals surface area (Å²) in [5.74, 6) is 5.55. The van der Waals surface area contributed by atoms with Crippen molar-refractivity contribution in [3.8, 4) is 0 Å². The van der Waals surface area contributed by atoms with Crippen LogP contribution in [0.25, 0.3) is 0 Å². The Bertz CT molecular complexity index is 395. The minimum Gasteiger partial charge on any atom is -0.0622 e. The van der Waals surface area contributed by atoms with Gasteiger partial charge < -0.3 is 0 Å². The molecule has 2 fully saturated rings. The summed E-state index contributed by atoms with van der Waals surface area (Å²) in [6.45, 7) is 4.84. The lowest BCUT2D eigenvalue weighted by atomic mass is 9.70. The Morgan fingerprint density at radius 3 is 2.10 bits per heavy atom. The van der Waals surface area contributed by atoms with Crippen molar-refractivity contribution in [3.63, 3.8) is 0 Å². The van der Waals surface area contributed by atoms with Gasteiger partial charge in [0.25, 0.3) is 0 Å². The zero-order chi connectivity index (χ0) is 13.9. The third kappa shape index (κ3) is 3.27. The Morgan fingerprint density at radius 2 is 1.55 bits per heavy atom. The van der Waals surface area contributed by atoms with Crippen molar-refractivity contribution < 1.29 is 0 Å². The topological polar surface area (TPSA) is 0 Å². The van der Waals surface area contributed by atoms with Crippen LogP contribution in [0.1, 0.15) is 57.9 Å². The molecule has 0 heteroatoms. The molecule has 0 spiro atoms. The van der Waals surface area contributed by atoms with Crippen LogP contribution in [0.2, 0.25) is 0 Å². The zero-order valence-corrected chi connectivity index (χ0v) is 13.1. The van der Waals surface area contributed by atoms with Crippen LogP contribution in [0.15, 0.2) is 30.3 Å². The standard InChI is InChI=1S/C20H29/c1-15(2)19(14-16-8-4-3-5-9-16)20(18-12-13-18)17-10-6-7-11-17/h3-5,8-9,15,17-18,20H,6-7,10-14H2,1-2H3. The molecule has 3 rings (SSSR count). The molecule has 1 atom stereocenters. The summed E-state index contributed by atoms with van der Waals surface area (Å²) >= 11 is 0. The Hall–Kier alpha value is -0.780. The van der Waals surface area contributed by atoms with Gasteiger partial charge in [0.1, 0.15) is 0 Å². The van der Waals surface area contributed by atoms with E-state index in [1.165, 1.54) is 50.5 Å². The second-order valence-corrected chi connectivity index (χ2v) is 7.30. The highest BCUT2D eigenvalue weighted by Gasteiger charge is 2.42. The molecule has 0 nitrogen and oxygen atoms in total. The van der Waals surface area contributed by atoms with Crippen LogP contribution >= 0.6 is 0 Å². The molecule has 0 amide bonds. The molecule has 0 bridgehead atoms. The quantitative estimate of drug-likeness (QED) is 0.623. The highest BCUT2D eigenvalue weighted by Crippen LogP contribution is 2.52. The van der Waals surface area contributed by atoms with E-state index in [4.69, 9.17) is 0 Å². The zero-order valence-electron chi connectivity index (χ0n) is 13.1. The molecular weight excluding hydrogens is 240 g/mol.